The molecule has 0 aromatic heterocycles. The predicted octanol–water partition coefficient (Wildman–Crippen LogP) is 4.91. The Bertz CT molecular complexity index is 1420. The van der Waals surface area contributed by atoms with E-state index in [1.54, 1.807) is 30.3 Å². The van der Waals surface area contributed by atoms with Crippen LogP contribution < -0.4 is 4.74 Å². The monoisotopic (exact) mass is 484 g/mol. The maximum atomic E-state index is 13.1. The van der Waals surface area contributed by atoms with Crippen LogP contribution >= 0.6 is 0 Å². The van der Waals surface area contributed by atoms with Crippen LogP contribution in [0.15, 0.2) is 66.7 Å². The predicted molar refractivity (Wildman–Crippen MR) is 136 cm³/mol. The summed E-state index contributed by atoms with van der Waals surface area (Å²) in [6.45, 7) is 4.56. The highest BCUT2D eigenvalue weighted by Crippen LogP contribution is 2.59. The quantitative estimate of drug-likeness (QED) is 0.409. The van der Waals surface area contributed by atoms with E-state index in [-0.39, 0.29) is 0 Å². The van der Waals surface area contributed by atoms with Crippen molar-refractivity contribution in [3.05, 3.63) is 83.4 Å². The van der Waals surface area contributed by atoms with Gasteiger partial charge in [-0.2, -0.15) is 0 Å². The van der Waals surface area contributed by atoms with Gasteiger partial charge >= 0.3 is 11.9 Å². The number of carbonyl (C=O) groups excluding carboxylic acids is 3. The van der Waals surface area contributed by atoms with Gasteiger partial charge < -0.3 is 14.6 Å². The first-order chi connectivity index (χ1) is 17.1. The van der Waals surface area contributed by atoms with Gasteiger partial charge in [0.1, 0.15) is 11.4 Å². The van der Waals surface area contributed by atoms with E-state index in [1.807, 2.05) is 50.3 Å². The van der Waals surface area contributed by atoms with E-state index in [9.17, 15) is 19.5 Å². The summed E-state index contributed by atoms with van der Waals surface area (Å²) in [7, 11) is 0. The van der Waals surface area contributed by atoms with E-state index >= 15 is 0 Å². The molecule has 2 aliphatic carbocycles. The SMILES string of the molecule is CC(=O)OCC(=O)[C@@]1(O)[C@H](C)C=C2c3ccc4cc(OC(=O)c5ccccc5)ccc4c3CC[C@@]21C. The van der Waals surface area contributed by atoms with Gasteiger partial charge in [0.25, 0.3) is 0 Å². The number of fused-ring (bicyclic) bond motifs is 5. The van der Waals surface area contributed by atoms with Crippen molar-refractivity contribution < 1.29 is 29.0 Å². The summed E-state index contributed by atoms with van der Waals surface area (Å²) in [4.78, 5) is 36.8. The number of ketones is 1. The lowest BCUT2D eigenvalue weighted by Crippen LogP contribution is -2.56. The van der Waals surface area contributed by atoms with E-state index in [2.05, 4.69) is 0 Å². The summed E-state index contributed by atoms with van der Waals surface area (Å²) in [5, 5.41) is 13.7. The Balaban J connectivity index is 1.47. The van der Waals surface area contributed by atoms with Gasteiger partial charge in [-0.05, 0) is 64.6 Å². The Morgan fingerprint density at radius 1 is 1.06 bits per heavy atom. The van der Waals surface area contributed by atoms with Crippen LogP contribution in [0.3, 0.4) is 0 Å². The first-order valence-corrected chi connectivity index (χ1v) is 12.1. The average Bonchev–Trinajstić information content (AvgIpc) is 3.09. The number of aryl methyl sites for hydroxylation is 1. The normalized spacial score (nSPS) is 24.4. The van der Waals surface area contributed by atoms with Crippen molar-refractivity contribution >= 4 is 34.1 Å². The van der Waals surface area contributed by atoms with Crippen molar-refractivity contribution in [2.45, 2.75) is 39.2 Å². The minimum Gasteiger partial charge on any atom is -0.458 e. The molecule has 6 nitrogen and oxygen atoms in total. The van der Waals surface area contributed by atoms with Crippen molar-refractivity contribution in [2.75, 3.05) is 6.61 Å². The molecule has 3 atom stereocenters. The van der Waals surface area contributed by atoms with Crippen molar-refractivity contribution in [3.63, 3.8) is 0 Å². The van der Waals surface area contributed by atoms with Gasteiger partial charge in [-0.15, -0.1) is 0 Å². The van der Waals surface area contributed by atoms with Crippen LogP contribution in [0.5, 0.6) is 5.75 Å². The maximum absolute atomic E-state index is 13.1. The van der Waals surface area contributed by atoms with Crippen LogP contribution in [0.25, 0.3) is 16.3 Å². The minimum absolute atomic E-state index is 0.411. The van der Waals surface area contributed by atoms with Gasteiger partial charge in [0, 0.05) is 18.3 Å². The molecule has 0 spiro atoms. The van der Waals surface area contributed by atoms with E-state index in [0.717, 1.165) is 27.5 Å². The van der Waals surface area contributed by atoms with Gasteiger partial charge in [0.05, 0.1) is 5.56 Å². The largest absolute Gasteiger partial charge is 0.458 e. The molecule has 0 radical (unpaired) electrons. The third-order valence-electron chi connectivity index (χ3n) is 7.83. The molecular weight excluding hydrogens is 456 g/mol. The van der Waals surface area contributed by atoms with E-state index < -0.39 is 41.3 Å². The summed E-state index contributed by atoms with van der Waals surface area (Å²) in [5.74, 6) is -1.40. The van der Waals surface area contributed by atoms with Gasteiger partial charge in [-0.3, -0.25) is 9.59 Å². The Kier molecular flexibility index (Phi) is 5.80. The van der Waals surface area contributed by atoms with Gasteiger partial charge in [0.15, 0.2) is 6.61 Å². The lowest BCUT2D eigenvalue weighted by Gasteiger charge is -2.45. The molecule has 36 heavy (non-hydrogen) atoms. The Labute approximate surface area is 209 Å². The number of hydrogen-bond acceptors (Lipinski definition) is 6. The molecule has 0 saturated heterocycles. The summed E-state index contributed by atoms with van der Waals surface area (Å²) in [6.07, 6.45) is 3.22. The Morgan fingerprint density at radius 3 is 2.53 bits per heavy atom. The zero-order valence-corrected chi connectivity index (χ0v) is 20.5. The molecule has 0 bridgehead atoms. The highest BCUT2D eigenvalue weighted by Gasteiger charge is 2.61. The van der Waals surface area contributed by atoms with Crippen LogP contribution in [0.1, 0.15) is 48.7 Å². The second kappa shape index (κ2) is 8.71. The van der Waals surface area contributed by atoms with Crippen molar-refractivity contribution in [2.24, 2.45) is 11.3 Å². The summed E-state index contributed by atoms with van der Waals surface area (Å²) < 4.78 is 10.5. The maximum Gasteiger partial charge on any atom is 0.343 e. The number of ether oxygens (including phenoxy) is 2. The third kappa shape index (κ3) is 3.64. The number of esters is 2. The van der Waals surface area contributed by atoms with Gasteiger partial charge in [-0.25, -0.2) is 4.79 Å². The fourth-order valence-corrected chi connectivity index (χ4v) is 5.89. The molecular formula is C30H28O6. The number of hydrogen-bond donors (Lipinski definition) is 1. The smallest absolute Gasteiger partial charge is 0.343 e. The van der Waals surface area contributed by atoms with Crippen molar-refractivity contribution in [1.29, 1.82) is 0 Å². The molecule has 3 aromatic carbocycles. The molecule has 6 heteroatoms. The van der Waals surface area contributed by atoms with Crippen molar-refractivity contribution in [3.8, 4) is 5.75 Å². The molecule has 0 amide bonds. The van der Waals surface area contributed by atoms with Crippen LogP contribution in [-0.4, -0.2) is 35.0 Å². The van der Waals surface area contributed by atoms with Crippen molar-refractivity contribution in [1.82, 2.24) is 0 Å². The van der Waals surface area contributed by atoms with Crippen LogP contribution in [0, 0.1) is 11.3 Å². The highest BCUT2D eigenvalue weighted by molar-refractivity contribution is 6.00. The van der Waals surface area contributed by atoms with Crippen LogP contribution in [0.4, 0.5) is 0 Å². The molecule has 5 rings (SSSR count). The fraction of sp³-hybridized carbons (Fsp3) is 0.300. The summed E-state index contributed by atoms with van der Waals surface area (Å²) in [6, 6.07) is 18.5. The summed E-state index contributed by atoms with van der Waals surface area (Å²) in [5.41, 5.74) is 1.13. The van der Waals surface area contributed by atoms with Gasteiger partial charge in [0.2, 0.25) is 5.78 Å². The molecule has 0 saturated carbocycles. The number of Topliss-reactive ketones (excluding diaryl/α,β-unsaturated/α-hetero) is 1. The number of benzene rings is 3. The number of carbonyl (C=O) groups is 3. The molecule has 184 valence electrons. The second-order valence-electron chi connectivity index (χ2n) is 9.90. The van der Waals surface area contributed by atoms with E-state index in [1.165, 1.54) is 6.92 Å². The van der Waals surface area contributed by atoms with Crippen LogP contribution in [-0.2, 0) is 20.7 Å². The molecule has 3 aromatic rings. The number of rotatable bonds is 5. The molecule has 0 fully saturated rings. The standard InChI is InChI=1S/C30H28O6/c1-18-15-26-25-11-9-21-16-22(36-28(33)20-7-5-4-6-8-20)10-12-23(21)24(25)13-14-29(26,3)30(18,34)27(32)17-35-19(2)31/h4-12,15-16,18,34H,13-14,17H2,1-3H3/t18-,29+,30+/m1/s1. The first kappa shape index (κ1) is 23.9. The zero-order valence-electron chi connectivity index (χ0n) is 20.5. The first-order valence-electron chi connectivity index (χ1n) is 12.1. The lowest BCUT2D eigenvalue weighted by molar-refractivity contribution is -0.162. The third-order valence-corrected chi connectivity index (χ3v) is 7.83. The van der Waals surface area contributed by atoms with E-state index in [4.69, 9.17) is 9.47 Å². The Morgan fingerprint density at radius 2 is 1.81 bits per heavy atom. The zero-order chi connectivity index (χ0) is 25.7. The highest BCUT2D eigenvalue weighted by atomic mass is 16.5. The minimum atomic E-state index is -1.65. The molecule has 1 N–H and O–H groups in total. The molecule has 2 aliphatic rings. The average molecular weight is 485 g/mol. The molecule has 0 heterocycles. The second-order valence-corrected chi connectivity index (χ2v) is 9.90. The van der Waals surface area contributed by atoms with Crippen LogP contribution in [0.2, 0.25) is 0 Å². The molecule has 0 aliphatic heterocycles. The summed E-state index contributed by atoms with van der Waals surface area (Å²) >= 11 is 0. The topological polar surface area (TPSA) is 89.9 Å². The fourth-order valence-electron chi connectivity index (χ4n) is 5.89. The van der Waals surface area contributed by atoms with Gasteiger partial charge in [-0.1, -0.05) is 56.3 Å². The lowest BCUT2D eigenvalue weighted by atomic mass is 9.60. The van der Waals surface area contributed by atoms with E-state index in [0.29, 0.717) is 24.2 Å². The number of aliphatic hydroxyl groups is 1. The molecule has 0 unspecified atom stereocenters. The Hall–Kier alpha value is -3.77.